The van der Waals surface area contributed by atoms with Gasteiger partial charge in [-0.1, -0.05) is 12.2 Å². The molecule has 3 aromatic rings. The minimum Gasteiger partial charge on any atom is -0.497 e. The summed E-state index contributed by atoms with van der Waals surface area (Å²) >= 11 is 0. The zero-order valence-electron chi connectivity index (χ0n) is 22.6. The van der Waals surface area contributed by atoms with E-state index in [0.29, 0.717) is 45.8 Å². The number of carbonyl (C=O) groups excluding carboxylic acids is 4. The molecule has 0 aromatic heterocycles. The third kappa shape index (κ3) is 6.64. The first-order valence-corrected chi connectivity index (χ1v) is 13.0. The summed E-state index contributed by atoms with van der Waals surface area (Å²) in [5.74, 6) is 1.31. The molecule has 0 radical (unpaired) electrons. The van der Waals surface area contributed by atoms with E-state index in [2.05, 4.69) is 17.5 Å². The Labute approximate surface area is 233 Å². The molecule has 1 amide bonds. The van der Waals surface area contributed by atoms with Crippen LogP contribution in [0.2, 0.25) is 0 Å². The lowest BCUT2D eigenvalue weighted by molar-refractivity contribution is -0.130. The van der Waals surface area contributed by atoms with E-state index < -0.39 is 5.97 Å². The molecule has 0 saturated heterocycles. The lowest BCUT2D eigenvalue weighted by atomic mass is 9.79. The van der Waals surface area contributed by atoms with Crippen molar-refractivity contribution in [3.05, 3.63) is 96.1 Å². The van der Waals surface area contributed by atoms with Gasteiger partial charge in [-0.05, 0) is 105 Å². The number of methoxy groups -OCH3 is 1. The van der Waals surface area contributed by atoms with Crippen LogP contribution in [0.4, 0.5) is 11.4 Å². The van der Waals surface area contributed by atoms with Crippen LogP contribution in [-0.2, 0) is 9.59 Å². The molecule has 8 heteroatoms. The number of ketones is 2. The molecule has 8 nitrogen and oxygen atoms in total. The number of ether oxygens (including phenoxy) is 2. The highest BCUT2D eigenvalue weighted by atomic mass is 16.5. The predicted octanol–water partition coefficient (Wildman–Crippen LogP) is 5.35. The molecule has 1 saturated carbocycles. The topological polar surface area (TPSA) is 125 Å². The van der Waals surface area contributed by atoms with Crippen molar-refractivity contribution < 1.29 is 28.7 Å². The van der Waals surface area contributed by atoms with Gasteiger partial charge in [0.15, 0.2) is 0 Å². The molecule has 0 spiro atoms. The summed E-state index contributed by atoms with van der Waals surface area (Å²) in [6.45, 7) is 3.21. The second-order valence-electron chi connectivity index (χ2n) is 9.94. The maximum atomic E-state index is 12.2. The summed E-state index contributed by atoms with van der Waals surface area (Å²) in [6, 6.07) is 19.8. The average Bonchev–Trinajstić information content (AvgIpc) is 3.57. The Morgan fingerprint density at radius 1 is 0.725 bits per heavy atom. The Hall–Kier alpha value is -4.72. The van der Waals surface area contributed by atoms with Crippen LogP contribution in [-0.4, -0.2) is 30.6 Å². The third-order valence-corrected chi connectivity index (χ3v) is 7.22. The van der Waals surface area contributed by atoms with Crippen molar-refractivity contribution in [2.75, 3.05) is 18.2 Å². The van der Waals surface area contributed by atoms with E-state index in [-0.39, 0.29) is 29.3 Å². The van der Waals surface area contributed by atoms with Gasteiger partial charge in [-0.25, -0.2) is 4.79 Å². The van der Waals surface area contributed by atoms with Crippen molar-refractivity contribution in [1.29, 1.82) is 0 Å². The summed E-state index contributed by atoms with van der Waals surface area (Å²) in [5.41, 5.74) is 7.70. The molecule has 1 fully saturated rings. The van der Waals surface area contributed by atoms with E-state index in [9.17, 15) is 19.2 Å². The molecule has 3 N–H and O–H groups in total. The van der Waals surface area contributed by atoms with E-state index in [1.165, 1.54) is 0 Å². The first-order chi connectivity index (χ1) is 19.2. The Bertz CT molecular complexity index is 1380. The molecular formula is C32H32N2O6. The van der Waals surface area contributed by atoms with Crippen molar-refractivity contribution in [3.63, 3.8) is 0 Å². The first kappa shape index (κ1) is 28.3. The van der Waals surface area contributed by atoms with Gasteiger partial charge in [0.2, 0.25) is 0 Å². The van der Waals surface area contributed by atoms with Crippen LogP contribution in [0.15, 0.2) is 84.9 Å². The quantitative estimate of drug-likeness (QED) is 0.179. The van der Waals surface area contributed by atoms with E-state index in [1.54, 1.807) is 93.8 Å². The average molecular weight is 541 g/mol. The van der Waals surface area contributed by atoms with Crippen molar-refractivity contribution in [1.82, 2.24) is 0 Å². The standard InChI is InChI=1S/C21H18N2O4.C11H14O2/c1-26-18-10-4-15(5-11-18)21(25)27-19-12-8-17(9-13-19)23-20(24)14-2-6-16(22)7-3-14;1-6(12)10-8-3-4-9(5-8)11(10)7(2)13/h2-13H,22H2,1H3,(H,23,24);3-4,8-11H,5H2,1-2H3. The first-order valence-electron chi connectivity index (χ1n) is 13.0. The lowest BCUT2D eigenvalue weighted by Crippen LogP contribution is -2.30. The van der Waals surface area contributed by atoms with E-state index >= 15 is 0 Å². The van der Waals surface area contributed by atoms with Gasteiger partial charge < -0.3 is 20.5 Å². The molecule has 5 rings (SSSR count). The molecule has 4 atom stereocenters. The molecule has 0 heterocycles. The third-order valence-electron chi connectivity index (χ3n) is 7.22. The maximum absolute atomic E-state index is 12.2. The summed E-state index contributed by atoms with van der Waals surface area (Å²) < 4.78 is 10.4. The van der Waals surface area contributed by atoms with Crippen LogP contribution < -0.4 is 20.5 Å². The fourth-order valence-corrected chi connectivity index (χ4v) is 5.27. The van der Waals surface area contributed by atoms with Crippen molar-refractivity contribution >= 4 is 34.8 Å². The van der Waals surface area contributed by atoms with E-state index in [4.69, 9.17) is 15.2 Å². The number of amides is 1. The molecule has 4 unspecified atom stereocenters. The lowest BCUT2D eigenvalue weighted by Gasteiger charge is -2.23. The number of esters is 1. The fourth-order valence-electron chi connectivity index (χ4n) is 5.27. The van der Waals surface area contributed by atoms with Crippen molar-refractivity contribution in [2.24, 2.45) is 23.7 Å². The molecule has 2 aliphatic rings. The van der Waals surface area contributed by atoms with E-state index in [1.807, 2.05) is 0 Å². The van der Waals surface area contributed by atoms with Crippen LogP contribution in [0.1, 0.15) is 41.0 Å². The highest BCUT2D eigenvalue weighted by Crippen LogP contribution is 2.48. The smallest absolute Gasteiger partial charge is 0.343 e. The zero-order valence-corrected chi connectivity index (χ0v) is 22.6. The van der Waals surface area contributed by atoms with Crippen LogP contribution in [0.3, 0.4) is 0 Å². The van der Waals surface area contributed by atoms with Crippen LogP contribution in [0.25, 0.3) is 0 Å². The number of anilines is 2. The number of allylic oxidation sites excluding steroid dienone is 2. The predicted molar refractivity (Wildman–Crippen MR) is 152 cm³/mol. The largest absolute Gasteiger partial charge is 0.497 e. The van der Waals surface area contributed by atoms with Gasteiger partial charge in [-0.3, -0.25) is 14.4 Å². The second-order valence-corrected chi connectivity index (χ2v) is 9.94. The number of Topliss-reactive ketones (excluding diaryl/α,β-unsaturated/α-hetero) is 2. The zero-order chi connectivity index (χ0) is 28.8. The highest BCUT2D eigenvalue weighted by Gasteiger charge is 2.48. The number of rotatable bonds is 7. The Morgan fingerprint density at radius 3 is 1.73 bits per heavy atom. The molecule has 40 heavy (non-hydrogen) atoms. The number of hydrogen-bond donors (Lipinski definition) is 2. The number of nitrogen functional groups attached to an aromatic ring is 1. The number of nitrogens with two attached hydrogens (primary N) is 1. The minimum atomic E-state index is -0.476. The number of carbonyl (C=O) groups is 4. The van der Waals surface area contributed by atoms with Gasteiger partial charge in [-0.2, -0.15) is 0 Å². The molecular weight excluding hydrogens is 508 g/mol. The Balaban J connectivity index is 0.000000236. The van der Waals surface area contributed by atoms with Gasteiger partial charge in [-0.15, -0.1) is 0 Å². The Kier molecular flexibility index (Phi) is 8.79. The molecule has 2 bridgehead atoms. The van der Waals surface area contributed by atoms with Crippen LogP contribution >= 0.6 is 0 Å². The summed E-state index contributed by atoms with van der Waals surface area (Å²) in [7, 11) is 1.56. The molecule has 3 aromatic carbocycles. The highest BCUT2D eigenvalue weighted by molar-refractivity contribution is 6.04. The van der Waals surface area contributed by atoms with Gasteiger partial charge in [0.1, 0.15) is 23.1 Å². The SMILES string of the molecule is CC(=O)C1C2C=CC(C2)C1C(C)=O.COc1ccc(C(=O)Oc2ccc(NC(=O)c3ccc(N)cc3)cc2)cc1. The minimum absolute atomic E-state index is 0.0208. The van der Waals surface area contributed by atoms with Gasteiger partial charge in [0, 0.05) is 28.8 Å². The van der Waals surface area contributed by atoms with Crippen molar-refractivity contribution in [3.8, 4) is 11.5 Å². The maximum Gasteiger partial charge on any atom is 0.343 e. The summed E-state index contributed by atoms with van der Waals surface area (Å²) in [6.07, 6.45) is 5.22. The van der Waals surface area contributed by atoms with Crippen LogP contribution in [0, 0.1) is 23.7 Å². The number of hydrogen-bond acceptors (Lipinski definition) is 7. The normalized spacial score (nSPS) is 20.2. The van der Waals surface area contributed by atoms with Gasteiger partial charge in [0.25, 0.3) is 5.91 Å². The molecule has 0 aliphatic heterocycles. The fraction of sp³-hybridized carbons (Fsp3) is 0.250. The second kappa shape index (κ2) is 12.4. The summed E-state index contributed by atoms with van der Waals surface area (Å²) in [5, 5.41) is 2.77. The van der Waals surface area contributed by atoms with Crippen molar-refractivity contribution in [2.45, 2.75) is 20.3 Å². The Morgan fingerprint density at radius 2 is 1.23 bits per heavy atom. The van der Waals surface area contributed by atoms with E-state index in [0.717, 1.165) is 6.42 Å². The summed E-state index contributed by atoms with van der Waals surface area (Å²) in [4.78, 5) is 47.1. The number of fused-ring (bicyclic) bond motifs is 2. The monoisotopic (exact) mass is 540 g/mol. The van der Waals surface area contributed by atoms with Gasteiger partial charge >= 0.3 is 5.97 Å². The molecule has 206 valence electrons. The number of benzene rings is 3. The van der Waals surface area contributed by atoms with Crippen LogP contribution in [0.5, 0.6) is 11.5 Å². The molecule has 2 aliphatic carbocycles. The van der Waals surface area contributed by atoms with Gasteiger partial charge in [0.05, 0.1) is 12.7 Å². The number of nitrogens with one attached hydrogen (secondary N) is 1.